The summed E-state index contributed by atoms with van der Waals surface area (Å²) in [7, 11) is 1.75. The molecule has 9 heteroatoms. The van der Waals surface area contributed by atoms with E-state index in [4.69, 9.17) is 0 Å². The highest BCUT2D eigenvalue weighted by atomic mass is 19.1. The van der Waals surface area contributed by atoms with Gasteiger partial charge in [-0.25, -0.2) is 19.0 Å². The Morgan fingerprint density at radius 2 is 2.17 bits per heavy atom. The molecule has 2 N–H and O–H groups in total. The van der Waals surface area contributed by atoms with Crippen LogP contribution in [0.4, 0.5) is 10.2 Å². The molecule has 2 aromatic heterocycles. The maximum Gasteiger partial charge on any atom is 0.191 e. The normalized spacial score (nSPS) is 16.7. The lowest BCUT2D eigenvalue weighted by molar-refractivity contribution is 0.612. The van der Waals surface area contributed by atoms with Gasteiger partial charge >= 0.3 is 0 Å². The molecule has 1 fully saturated rings. The molecule has 30 heavy (non-hydrogen) atoms. The van der Waals surface area contributed by atoms with Crippen LogP contribution in [-0.4, -0.2) is 51.9 Å². The third kappa shape index (κ3) is 4.91. The number of halogens is 1. The zero-order valence-electron chi connectivity index (χ0n) is 16.9. The largest absolute Gasteiger partial charge is 0.352 e. The average molecular weight is 408 g/mol. The van der Waals surface area contributed by atoms with Gasteiger partial charge < -0.3 is 15.5 Å². The number of aromatic nitrogens is 4. The van der Waals surface area contributed by atoms with Crippen molar-refractivity contribution < 1.29 is 4.39 Å². The molecule has 0 bridgehead atoms. The van der Waals surface area contributed by atoms with Crippen LogP contribution in [0.1, 0.15) is 17.5 Å². The van der Waals surface area contributed by atoms with Crippen molar-refractivity contribution in [3.05, 3.63) is 72.2 Å². The zero-order chi connectivity index (χ0) is 20.8. The van der Waals surface area contributed by atoms with Crippen molar-refractivity contribution in [3.8, 4) is 0 Å². The molecule has 0 radical (unpaired) electrons. The molecular formula is C21H25FN8. The van der Waals surface area contributed by atoms with E-state index in [-0.39, 0.29) is 11.9 Å². The molecule has 0 spiro atoms. The second kappa shape index (κ2) is 9.34. The standard InChI is InChI=1S/C21H25FN8/c1-23-21(28-18-7-9-29(13-18)20-19(22)6-3-8-25-20)26-11-16-4-2-5-17(10-16)12-30-15-24-14-27-30/h2-6,8,10,14-15,18H,7,9,11-13H2,1H3,(H2,23,26,28). The summed E-state index contributed by atoms with van der Waals surface area (Å²) in [6, 6.07) is 11.6. The van der Waals surface area contributed by atoms with Crippen molar-refractivity contribution in [2.75, 3.05) is 25.0 Å². The van der Waals surface area contributed by atoms with Crippen molar-refractivity contribution >= 4 is 11.8 Å². The van der Waals surface area contributed by atoms with Crippen LogP contribution in [-0.2, 0) is 13.1 Å². The Morgan fingerprint density at radius 1 is 1.27 bits per heavy atom. The molecule has 1 unspecified atom stereocenters. The topological polar surface area (TPSA) is 83.3 Å². The smallest absolute Gasteiger partial charge is 0.191 e. The van der Waals surface area contributed by atoms with Gasteiger partial charge in [-0.2, -0.15) is 5.10 Å². The number of pyridine rings is 1. The summed E-state index contributed by atoms with van der Waals surface area (Å²) in [5, 5.41) is 10.9. The molecular weight excluding hydrogens is 383 g/mol. The lowest BCUT2D eigenvalue weighted by atomic mass is 10.1. The van der Waals surface area contributed by atoms with Gasteiger partial charge in [0, 0.05) is 38.9 Å². The Bertz CT molecular complexity index is 988. The maximum absolute atomic E-state index is 14.0. The Balaban J connectivity index is 1.30. The Kier molecular flexibility index (Phi) is 6.17. The van der Waals surface area contributed by atoms with E-state index in [1.54, 1.807) is 30.3 Å². The fourth-order valence-electron chi connectivity index (χ4n) is 3.59. The van der Waals surface area contributed by atoms with Gasteiger partial charge in [0.15, 0.2) is 17.6 Å². The molecule has 4 rings (SSSR count). The van der Waals surface area contributed by atoms with Crippen molar-refractivity contribution in [1.82, 2.24) is 30.4 Å². The van der Waals surface area contributed by atoms with Crippen LogP contribution in [0, 0.1) is 5.82 Å². The summed E-state index contributed by atoms with van der Waals surface area (Å²) in [4.78, 5) is 14.4. The van der Waals surface area contributed by atoms with Crippen LogP contribution in [0.2, 0.25) is 0 Å². The number of hydrogen-bond acceptors (Lipinski definition) is 5. The van der Waals surface area contributed by atoms with Crippen LogP contribution in [0.15, 0.2) is 60.2 Å². The molecule has 156 valence electrons. The summed E-state index contributed by atoms with van der Waals surface area (Å²) < 4.78 is 15.8. The number of guanidine groups is 1. The van der Waals surface area contributed by atoms with Crippen LogP contribution in [0.3, 0.4) is 0 Å². The second-order valence-electron chi connectivity index (χ2n) is 7.22. The third-order valence-electron chi connectivity index (χ3n) is 5.05. The molecule has 1 aromatic carbocycles. The number of benzene rings is 1. The van der Waals surface area contributed by atoms with Gasteiger partial charge in [0.25, 0.3) is 0 Å². The van der Waals surface area contributed by atoms with Crippen LogP contribution in [0.25, 0.3) is 0 Å². The van der Waals surface area contributed by atoms with E-state index in [0.717, 1.165) is 30.1 Å². The van der Waals surface area contributed by atoms with Gasteiger partial charge in [-0.15, -0.1) is 0 Å². The summed E-state index contributed by atoms with van der Waals surface area (Å²) >= 11 is 0. The van der Waals surface area contributed by atoms with E-state index < -0.39 is 0 Å². The molecule has 1 saturated heterocycles. The molecule has 3 heterocycles. The minimum atomic E-state index is -0.286. The molecule has 3 aromatic rings. The monoisotopic (exact) mass is 408 g/mol. The predicted molar refractivity (Wildman–Crippen MR) is 114 cm³/mol. The molecule has 1 aliphatic heterocycles. The number of anilines is 1. The van der Waals surface area contributed by atoms with Gasteiger partial charge in [0.2, 0.25) is 0 Å². The molecule has 1 atom stereocenters. The average Bonchev–Trinajstić information content (AvgIpc) is 3.44. The lowest BCUT2D eigenvalue weighted by Gasteiger charge is -2.20. The molecule has 8 nitrogen and oxygen atoms in total. The minimum absolute atomic E-state index is 0.177. The van der Waals surface area contributed by atoms with E-state index in [1.807, 2.05) is 11.0 Å². The minimum Gasteiger partial charge on any atom is -0.352 e. The first-order chi connectivity index (χ1) is 14.7. The summed E-state index contributed by atoms with van der Waals surface area (Å²) in [6.07, 6.45) is 5.76. The van der Waals surface area contributed by atoms with Gasteiger partial charge in [-0.1, -0.05) is 24.3 Å². The molecule has 1 aliphatic rings. The molecule has 0 amide bonds. The molecule has 0 saturated carbocycles. The van der Waals surface area contributed by atoms with Crippen LogP contribution < -0.4 is 15.5 Å². The van der Waals surface area contributed by atoms with Crippen molar-refractivity contribution in [1.29, 1.82) is 0 Å². The van der Waals surface area contributed by atoms with Crippen molar-refractivity contribution in [3.63, 3.8) is 0 Å². The first kappa shape index (κ1) is 19.8. The van der Waals surface area contributed by atoms with Gasteiger partial charge in [0.1, 0.15) is 12.7 Å². The molecule has 0 aliphatic carbocycles. The Morgan fingerprint density at radius 3 is 2.97 bits per heavy atom. The van der Waals surface area contributed by atoms with Gasteiger partial charge in [0.05, 0.1) is 6.54 Å². The predicted octanol–water partition coefficient (Wildman–Crippen LogP) is 1.80. The van der Waals surface area contributed by atoms with Crippen molar-refractivity contribution in [2.45, 2.75) is 25.6 Å². The summed E-state index contributed by atoms with van der Waals surface area (Å²) in [5.41, 5.74) is 2.31. The van der Waals surface area contributed by atoms with Gasteiger partial charge in [-0.3, -0.25) is 4.99 Å². The first-order valence-electron chi connectivity index (χ1n) is 9.94. The zero-order valence-corrected chi connectivity index (χ0v) is 16.9. The first-order valence-corrected chi connectivity index (χ1v) is 9.94. The highest BCUT2D eigenvalue weighted by Gasteiger charge is 2.25. The van der Waals surface area contributed by atoms with E-state index >= 15 is 0 Å². The number of aliphatic imine (C=N–C) groups is 1. The summed E-state index contributed by atoms with van der Waals surface area (Å²) in [5.74, 6) is 0.852. The fourth-order valence-corrected chi connectivity index (χ4v) is 3.59. The second-order valence-corrected chi connectivity index (χ2v) is 7.22. The Hall–Kier alpha value is -3.49. The fraction of sp³-hybridized carbons (Fsp3) is 0.333. The highest BCUT2D eigenvalue weighted by molar-refractivity contribution is 5.80. The SMILES string of the molecule is CN=C(NCc1cccc(Cn2cncn2)c1)NC1CCN(c2ncccc2F)C1. The number of hydrogen-bond donors (Lipinski definition) is 2. The van der Waals surface area contributed by atoms with Gasteiger partial charge in [-0.05, 0) is 29.7 Å². The van der Waals surface area contributed by atoms with E-state index in [1.165, 1.54) is 12.4 Å². The Labute approximate surface area is 174 Å². The highest BCUT2D eigenvalue weighted by Crippen LogP contribution is 2.20. The van der Waals surface area contributed by atoms with E-state index in [9.17, 15) is 4.39 Å². The van der Waals surface area contributed by atoms with E-state index in [2.05, 4.69) is 48.9 Å². The van der Waals surface area contributed by atoms with Crippen molar-refractivity contribution in [2.24, 2.45) is 4.99 Å². The third-order valence-corrected chi connectivity index (χ3v) is 5.05. The van der Waals surface area contributed by atoms with Crippen LogP contribution in [0.5, 0.6) is 0 Å². The van der Waals surface area contributed by atoms with E-state index in [0.29, 0.717) is 25.5 Å². The number of rotatable bonds is 6. The summed E-state index contributed by atoms with van der Waals surface area (Å²) in [6.45, 7) is 2.77. The number of nitrogens with zero attached hydrogens (tertiary/aromatic N) is 6. The maximum atomic E-state index is 14.0. The van der Waals surface area contributed by atoms with Crippen LogP contribution >= 0.6 is 0 Å². The lowest BCUT2D eigenvalue weighted by Crippen LogP contribution is -2.44. The quantitative estimate of drug-likeness (QED) is 0.478. The number of nitrogens with one attached hydrogen (secondary N) is 2.